The molecule has 202 valence electrons. The number of fused-ring (bicyclic) bond motifs is 2. The second kappa shape index (κ2) is 10.5. The Kier molecular flexibility index (Phi) is 6.83. The fraction of sp³-hybridized carbons (Fsp3) is 0.161. The van der Waals surface area contributed by atoms with Gasteiger partial charge < -0.3 is 0 Å². The summed E-state index contributed by atoms with van der Waals surface area (Å²) in [6, 6.07) is 12.5. The second-order valence-electron chi connectivity index (χ2n) is 10.9. The topological polar surface area (TPSA) is 99.3 Å². The van der Waals surface area contributed by atoms with Crippen molar-refractivity contribution in [1.29, 1.82) is 0 Å². The minimum atomic E-state index is -0.305. The van der Waals surface area contributed by atoms with E-state index in [0.29, 0.717) is 17.9 Å². The first-order valence-electron chi connectivity index (χ1n) is 12.8. The number of hydrogen-bond acceptors (Lipinski definition) is 4. The van der Waals surface area contributed by atoms with E-state index in [1.165, 1.54) is 12.1 Å². The van der Waals surface area contributed by atoms with Gasteiger partial charge >= 0.3 is 219 Å². The van der Waals surface area contributed by atoms with E-state index in [1.807, 2.05) is 18.2 Å². The molecule has 3 N–H and O–H groups in total. The molecule has 0 bridgehead atoms. The van der Waals surface area contributed by atoms with Gasteiger partial charge in [0.1, 0.15) is 5.82 Å². The first-order chi connectivity index (χ1) is 19.2. The number of amides is 1. The third-order valence-corrected chi connectivity index (χ3v) is 8.26. The molecule has 4 heterocycles. The van der Waals surface area contributed by atoms with Crippen molar-refractivity contribution in [2.75, 3.05) is 0 Å². The van der Waals surface area contributed by atoms with Crippen LogP contribution in [0.1, 0.15) is 32.8 Å². The van der Waals surface area contributed by atoms with Crippen molar-refractivity contribution >= 4 is 33.4 Å². The summed E-state index contributed by atoms with van der Waals surface area (Å²) in [7, 11) is 0. The van der Waals surface area contributed by atoms with E-state index >= 15 is 0 Å². The number of nitrogens with one attached hydrogen (secondary N) is 3. The molecule has 7 nitrogen and oxygen atoms in total. The monoisotopic (exact) mass is 645 g/mol. The Morgan fingerprint density at radius 2 is 1.85 bits per heavy atom. The molecule has 0 saturated carbocycles. The second-order valence-corrected chi connectivity index (χ2v) is 12.9. The van der Waals surface area contributed by atoms with Crippen LogP contribution in [0.5, 0.6) is 0 Å². The van der Waals surface area contributed by atoms with Crippen LogP contribution >= 0.6 is 0 Å². The van der Waals surface area contributed by atoms with Crippen LogP contribution in [0.3, 0.4) is 0 Å². The molecule has 0 radical (unpaired) electrons. The Bertz CT molecular complexity index is 1840. The minimum absolute atomic E-state index is 0.00908. The molecule has 0 atom stereocenters. The normalized spacial score (nSPS) is 14.0. The molecule has 1 aliphatic heterocycles. The van der Waals surface area contributed by atoms with Gasteiger partial charge in [0.15, 0.2) is 0 Å². The average Bonchev–Trinajstić information content (AvgIpc) is 3.46. The van der Waals surface area contributed by atoms with E-state index in [0.717, 1.165) is 49.9 Å². The van der Waals surface area contributed by atoms with Crippen LogP contribution in [0.25, 0.3) is 50.2 Å². The number of hydrogen-bond donors (Lipinski definition) is 3. The molecular weight excluding hydrogens is 618 g/mol. The van der Waals surface area contributed by atoms with Gasteiger partial charge in [0, 0.05) is 0 Å². The number of aromatic amines is 2. The van der Waals surface area contributed by atoms with E-state index in [9.17, 15) is 9.18 Å². The predicted octanol–water partition coefficient (Wildman–Crippen LogP) is 3.70. The number of H-pyrrole nitrogens is 2. The first kappa shape index (κ1) is 26.1. The molecular formula is C31H27FIN6O-. The summed E-state index contributed by atoms with van der Waals surface area (Å²) in [4.78, 5) is 25.2. The number of carbonyl (C=O) groups is 1. The Hall–Kier alpha value is -4.12. The van der Waals surface area contributed by atoms with Crippen molar-refractivity contribution in [1.82, 2.24) is 30.5 Å². The molecule has 0 fully saturated rings. The van der Waals surface area contributed by atoms with Gasteiger partial charge in [0.2, 0.25) is 0 Å². The fourth-order valence-electron chi connectivity index (χ4n) is 4.63. The van der Waals surface area contributed by atoms with Crippen molar-refractivity contribution in [3.05, 3.63) is 92.3 Å². The molecule has 0 aliphatic carbocycles. The van der Waals surface area contributed by atoms with Crippen molar-refractivity contribution < 1.29 is 30.4 Å². The summed E-state index contributed by atoms with van der Waals surface area (Å²) in [5.41, 5.74) is 7.55. The summed E-state index contributed by atoms with van der Waals surface area (Å²) in [5.74, 6) is 0.334. The number of rotatable bonds is 5. The maximum atomic E-state index is 13.5. The van der Waals surface area contributed by atoms with Crippen LogP contribution < -0.4 is 26.5 Å². The average molecular weight is 646 g/mol. The number of imidazole rings is 1. The van der Waals surface area contributed by atoms with Gasteiger partial charge in [-0.2, -0.15) is 0 Å². The molecule has 1 amide bonds. The van der Waals surface area contributed by atoms with Crippen LogP contribution in [-0.2, 0) is 4.79 Å². The van der Waals surface area contributed by atoms with Gasteiger partial charge in [-0.25, -0.2) is 4.39 Å². The van der Waals surface area contributed by atoms with Crippen molar-refractivity contribution in [3.63, 3.8) is 0 Å². The van der Waals surface area contributed by atoms with Crippen molar-refractivity contribution in [2.24, 2.45) is 5.41 Å². The quantitative estimate of drug-likeness (QED) is 0.254. The molecule has 0 spiro atoms. The van der Waals surface area contributed by atoms with E-state index in [2.05, 4.69) is 66.6 Å². The molecule has 6 rings (SSSR count). The summed E-state index contributed by atoms with van der Waals surface area (Å²) in [6.07, 6.45) is 7.95. The zero-order chi connectivity index (χ0) is 27.9. The molecule has 9 heteroatoms. The van der Waals surface area contributed by atoms with E-state index in [-0.39, 0.29) is 38.3 Å². The van der Waals surface area contributed by atoms with Crippen LogP contribution in [0.2, 0.25) is 0 Å². The number of allylic oxidation sites excluding steroid dienone is 3. The number of nitrogens with zero attached hydrogens (tertiary/aromatic N) is 3. The van der Waals surface area contributed by atoms with Crippen molar-refractivity contribution in [3.8, 4) is 22.6 Å². The third-order valence-electron chi connectivity index (χ3n) is 6.45. The Morgan fingerprint density at radius 1 is 1.05 bits per heavy atom. The number of carbonyl (C=O) groups excluding carboxylic acids is 1. The Balaban J connectivity index is 1.36. The summed E-state index contributed by atoms with van der Waals surface area (Å²) in [6.45, 7) is 6.17. The first-order valence-corrected chi connectivity index (χ1v) is 15.3. The molecule has 5 aromatic rings. The fourth-order valence-corrected chi connectivity index (χ4v) is 6.36. The maximum absolute atomic E-state index is 13.5. The van der Waals surface area contributed by atoms with Crippen molar-refractivity contribution in [2.45, 2.75) is 27.2 Å². The van der Waals surface area contributed by atoms with Crippen LogP contribution in [-0.4, -0.2) is 31.1 Å². The molecule has 3 aromatic heterocycles. The predicted molar refractivity (Wildman–Crippen MR) is 152 cm³/mol. The molecule has 0 unspecified atom stereocenters. The number of pyridine rings is 1. The van der Waals surface area contributed by atoms with Gasteiger partial charge in [0.25, 0.3) is 0 Å². The van der Waals surface area contributed by atoms with Gasteiger partial charge in [-0.15, -0.1) is 0 Å². The SMILES string of the molecule is CC(C)(C)CC(=O)NC1=CC(c2ccc3[nH]nc(-c4nc5c(-c6ccc(F)cc6)cncc5[nH]4)c3c2)=C[I-]C=C1. The Morgan fingerprint density at radius 3 is 2.65 bits per heavy atom. The van der Waals surface area contributed by atoms with E-state index < -0.39 is 0 Å². The summed E-state index contributed by atoms with van der Waals surface area (Å²) in [5, 5.41) is 11.7. The van der Waals surface area contributed by atoms with Gasteiger partial charge in [-0.3, -0.25) is 0 Å². The van der Waals surface area contributed by atoms with Crippen LogP contribution in [0.4, 0.5) is 4.39 Å². The molecule has 2 aromatic carbocycles. The number of halogens is 2. The third kappa shape index (κ3) is 5.46. The number of aromatic nitrogens is 5. The summed E-state index contributed by atoms with van der Waals surface area (Å²) < 4.78 is 17.9. The standard InChI is InChI=1S/C31H27FIN6O/c1-31(2,3)14-27(40)35-22-10-11-33-15-20(12-22)19-6-9-25-23(13-19)29(39-38-25)30-36-26-17-34-16-24(28(26)37-30)18-4-7-21(32)8-5-18/h4-13,15-17H,14H2,1-3H3,(H,35,40)(H,36,37)(H,38,39)/q-1. The molecule has 1 aliphatic rings. The zero-order valence-electron chi connectivity index (χ0n) is 22.2. The molecule has 40 heavy (non-hydrogen) atoms. The van der Waals surface area contributed by atoms with Crippen LogP contribution in [0, 0.1) is 11.2 Å². The van der Waals surface area contributed by atoms with Gasteiger partial charge in [-0.05, 0) is 12.1 Å². The number of benzene rings is 2. The Labute approximate surface area is 241 Å². The van der Waals surface area contributed by atoms with Gasteiger partial charge in [0.05, 0.1) is 0 Å². The summed E-state index contributed by atoms with van der Waals surface area (Å²) >= 11 is -0.305. The zero-order valence-corrected chi connectivity index (χ0v) is 24.4. The van der Waals surface area contributed by atoms with E-state index in [4.69, 9.17) is 4.98 Å². The van der Waals surface area contributed by atoms with Gasteiger partial charge in [-0.1, -0.05) is 0 Å². The molecule has 0 saturated heterocycles. The van der Waals surface area contributed by atoms with E-state index in [1.54, 1.807) is 24.5 Å². The van der Waals surface area contributed by atoms with Crippen LogP contribution in [0.15, 0.2) is 80.9 Å².